The number of carbonyl (C=O) groups excluding carboxylic acids is 2. The van der Waals surface area contributed by atoms with Crippen LogP contribution in [0.3, 0.4) is 0 Å². The molecular weight excluding hydrogens is 265 g/mol. The Morgan fingerprint density at radius 2 is 2.05 bits per heavy atom. The van der Waals surface area contributed by atoms with Crippen molar-refractivity contribution in [1.82, 2.24) is 10.3 Å². The summed E-state index contributed by atoms with van der Waals surface area (Å²) in [7, 11) is 0. The fourth-order valence-electron chi connectivity index (χ4n) is 1.86. The lowest BCUT2D eigenvalue weighted by Gasteiger charge is -2.11. The number of rotatable bonds is 3. The monoisotopic (exact) mass is 278 g/mol. The summed E-state index contributed by atoms with van der Waals surface area (Å²) in [5, 5.41) is 16.3. The zero-order valence-corrected chi connectivity index (χ0v) is 10.9. The van der Waals surface area contributed by atoms with Crippen molar-refractivity contribution in [1.29, 1.82) is 0 Å². The number of H-pyrrole nitrogens is 1. The lowest BCUT2D eigenvalue weighted by molar-refractivity contribution is -0.255. The van der Waals surface area contributed by atoms with Gasteiger partial charge in [-0.2, -0.15) is 0 Å². The highest BCUT2D eigenvalue weighted by Crippen LogP contribution is 2.28. The predicted octanol–water partition coefficient (Wildman–Crippen LogP) is 1.20. The largest absolute Gasteiger partial charge is 0.543 e. The second-order valence-corrected chi connectivity index (χ2v) is 4.61. The van der Waals surface area contributed by atoms with E-state index in [1.807, 2.05) is 0 Å². The van der Waals surface area contributed by atoms with Gasteiger partial charge in [-0.15, -0.1) is 0 Å². The molecule has 0 atom stereocenters. The van der Waals surface area contributed by atoms with Gasteiger partial charge >= 0.3 is 6.03 Å². The van der Waals surface area contributed by atoms with Gasteiger partial charge in [-0.1, -0.05) is 0 Å². The number of urea groups is 1. The van der Waals surface area contributed by atoms with Gasteiger partial charge in [0, 0.05) is 16.9 Å². The Morgan fingerprint density at radius 3 is 2.65 bits per heavy atom. The van der Waals surface area contributed by atoms with E-state index in [2.05, 4.69) is 15.6 Å². The van der Waals surface area contributed by atoms with Crippen molar-refractivity contribution >= 4 is 28.6 Å². The summed E-state index contributed by atoms with van der Waals surface area (Å²) in [6, 6.07) is 3.03. The maximum atomic E-state index is 13.3. The van der Waals surface area contributed by atoms with Crippen LogP contribution in [0.15, 0.2) is 18.2 Å². The number of hydrogen-bond donors (Lipinski definition) is 3. The first-order valence-corrected chi connectivity index (χ1v) is 5.98. The summed E-state index contributed by atoms with van der Waals surface area (Å²) in [5.41, 5.74) is 0.0765. The number of anilines is 1. The molecule has 0 saturated heterocycles. The van der Waals surface area contributed by atoms with E-state index in [1.54, 1.807) is 13.8 Å². The van der Waals surface area contributed by atoms with Crippen molar-refractivity contribution in [3.05, 3.63) is 29.7 Å². The van der Waals surface area contributed by atoms with E-state index >= 15 is 0 Å². The van der Waals surface area contributed by atoms with Crippen molar-refractivity contribution in [2.75, 3.05) is 5.32 Å². The van der Waals surface area contributed by atoms with E-state index in [0.29, 0.717) is 5.52 Å². The first kappa shape index (κ1) is 13.9. The molecule has 0 aliphatic carbocycles. The number of carbonyl (C=O) groups is 2. The number of aromatic nitrogens is 1. The fourth-order valence-corrected chi connectivity index (χ4v) is 1.86. The number of aromatic amines is 1. The molecule has 0 bridgehead atoms. The van der Waals surface area contributed by atoms with Crippen molar-refractivity contribution in [2.45, 2.75) is 19.9 Å². The molecule has 0 spiro atoms. The molecule has 0 aliphatic rings. The van der Waals surface area contributed by atoms with Gasteiger partial charge in [0.2, 0.25) is 0 Å². The Hall–Kier alpha value is -2.57. The summed E-state index contributed by atoms with van der Waals surface area (Å²) in [4.78, 5) is 25.3. The van der Waals surface area contributed by atoms with Crippen LogP contribution in [0.25, 0.3) is 10.9 Å². The number of amides is 2. The van der Waals surface area contributed by atoms with Crippen molar-refractivity contribution in [3.8, 4) is 0 Å². The molecule has 2 rings (SSSR count). The summed E-state index contributed by atoms with van der Waals surface area (Å²) < 4.78 is 13.3. The third-order valence-electron chi connectivity index (χ3n) is 2.62. The second kappa shape index (κ2) is 5.20. The van der Waals surface area contributed by atoms with E-state index in [9.17, 15) is 19.1 Å². The Kier molecular flexibility index (Phi) is 3.60. The molecule has 0 saturated carbocycles. The minimum absolute atomic E-state index is 0.0161. The molecule has 0 fully saturated rings. The molecule has 1 heterocycles. The zero-order valence-electron chi connectivity index (χ0n) is 10.9. The number of benzene rings is 1. The van der Waals surface area contributed by atoms with Crippen LogP contribution in [0.2, 0.25) is 0 Å². The van der Waals surface area contributed by atoms with Crippen LogP contribution in [0.5, 0.6) is 0 Å². The number of carboxylic acid groups (broad SMARTS) is 1. The average Bonchev–Trinajstić information content (AvgIpc) is 2.67. The molecule has 1 aromatic carbocycles. The highest BCUT2D eigenvalue weighted by atomic mass is 19.1. The second-order valence-electron chi connectivity index (χ2n) is 4.61. The molecule has 2 amide bonds. The van der Waals surface area contributed by atoms with E-state index in [0.717, 1.165) is 6.07 Å². The number of nitrogens with one attached hydrogen (secondary N) is 3. The molecule has 20 heavy (non-hydrogen) atoms. The minimum Gasteiger partial charge on any atom is -0.543 e. The molecule has 106 valence electrons. The molecular formula is C13H13FN3O3-. The summed E-state index contributed by atoms with van der Waals surface area (Å²) in [6.45, 7) is 3.52. The number of fused-ring (bicyclic) bond motifs is 1. The topological polar surface area (TPSA) is 97.1 Å². The molecule has 6 nitrogen and oxygen atoms in total. The predicted molar refractivity (Wildman–Crippen MR) is 69.9 cm³/mol. The van der Waals surface area contributed by atoms with Crippen LogP contribution in [0.4, 0.5) is 14.9 Å². The lowest BCUT2D eigenvalue weighted by Crippen LogP contribution is -2.35. The Bertz CT molecular complexity index is 679. The van der Waals surface area contributed by atoms with Gasteiger partial charge in [0.25, 0.3) is 0 Å². The minimum atomic E-state index is -1.48. The van der Waals surface area contributed by atoms with Gasteiger partial charge in [-0.05, 0) is 32.0 Å². The van der Waals surface area contributed by atoms with Gasteiger partial charge in [0.15, 0.2) is 0 Å². The van der Waals surface area contributed by atoms with E-state index in [1.165, 1.54) is 12.1 Å². The smallest absolute Gasteiger partial charge is 0.319 e. The normalized spacial score (nSPS) is 10.8. The molecule has 2 aromatic rings. The average molecular weight is 278 g/mol. The quantitative estimate of drug-likeness (QED) is 0.787. The SMILES string of the molecule is CC(C)NC(=O)Nc1c(C(=O)[O-])[nH]c2ccc(F)cc12. The lowest BCUT2D eigenvalue weighted by atomic mass is 10.2. The standard InChI is InChI=1S/C13H14FN3O3/c1-6(2)15-13(20)17-10-8-5-7(14)3-4-9(8)16-11(10)12(18)19/h3-6,16H,1-2H3,(H,18,19)(H2,15,17,20)/p-1. The van der Waals surface area contributed by atoms with Crippen molar-refractivity contribution < 1.29 is 19.1 Å². The van der Waals surface area contributed by atoms with Crippen LogP contribution in [-0.2, 0) is 0 Å². The third-order valence-corrected chi connectivity index (χ3v) is 2.62. The molecule has 3 N–H and O–H groups in total. The number of carboxylic acids is 1. The third kappa shape index (κ3) is 2.71. The Labute approximate surface area is 114 Å². The first-order valence-electron chi connectivity index (χ1n) is 5.98. The Morgan fingerprint density at radius 1 is 1.35 bits per heavy atom. The van der Waals surface area contributed by atoms with Gasteiger partial charge in [0.05, 0.1) is 17.4 Å². The number of halogens is 1. The molecule has 0 aliphatic heterocycles. The molecule has 1 aromatic heterocycles. The van der Waals surface area contributed by atoms with Crippen LogP contribution in [0.1, 0.15) is 24.3 Å². The number of hydrogen-bond acceptors (Lipinski definition) is 3. The van der Waals surface area contributed by atoms with Crippen molar-refractivity contribution in [2.24, 2.45) is 0 Å². The maximum Gasteiger partial charge on any atom is 0.319 e. The van der Waals surface area contributed by atoms with Gasteiger partial charge in [0.1, 0.15) is 5.82 Å². The first-order chi connectivity index (χ1) is 9.38. The zero-order chi connectivity index (χ0) is 14.9. The molecule has 7 heteroatoms. The van der Waals surface area contributed by atoms with Crippen LogP contribution < -0.4 is 15.7 Å². The van der Waals surface area contributed by atoms with Crippen LogP contribution >= 0.6 is 0 Å². The summed E-state index contributed by atoms with van der Waals surface area (Å²) >= 11 is 0. The molecule has 0 radical (unpaired) electrons. The fraction of sp³-hybridized carbons (Fsp3) is 0.231. The highest BCUT2D eigenvalue weighted by Gasteiger charge is 2.15. The van der Waals surface area contributed by atoms with E-state index in [-0.39, 0.29) is 22.8 Å². The van der Waals surface area contributed by atoms with Crippen LogP contribution in [0, 0.1) is 5.82 Å². The Balaban J connectivity index is 2.48. The van der Waals surface area contributed by atoms with E-state index in [4.69, 9.17) is 0 Å². The summed E-state index contributed by atoms with van der Waals surface area (Å²) in [5.74, 6) is -2.02. The number of aromatic carboxylic acids is 1. The van der Waals surface area contributed by atoms with Crippen LogP contribution in [-0.4, -0.2) is 23.0 Å². The highest BCUT2D eigenvalue weighted by molar-refractivity contribution is 6.09. The van der Waals surface area contributed by atoms with Crippen molar-refractivity contribution in [3.63, 3.8) is 0 Å². The molecule has 0 unspecified atom stereocenters. The summed E-state index contributed by atoms with van der Waals surface area (Å²) in [6.07, 6.45) is 0. The van der Waals surface area contributed by atoms with Gasteiger partial charge in [-0.25, -0.2) is 9.18 Å². The van der Waals surface area contributed by atoms with Gasteiger partial charge < -0.3 is 25.5 Å². The maximum absolute atomic E-state index is 13.3. The van der Waals surface area contributed by atoms with E-state index < -0.39 is 17.8 Å². The van der Waals surface area contributed by atoms with Gasteiger partial charge in [-0.3, -0.25) is 0 Å².